The molecular formula is C17H12Cl2N2O3. The SMILES string of the molecule is NC(=O)c1cn(Cc2ccc(Cl)c(Cl)c2)c2cc(C(=O)O)ccc12. The van der Waals surface area contributed by atoms with Crippen LogP contribution in [0.2, 0.25) is 10.0 Å². The molecule has 122 valence electrons. The van der Waals surface area contributed by atoms with Crippen LogP contribution in [0.25, 0.3) is 10.9 Å². The van der Waals surface area contributed by atoms with E-state index in [4.69, 9.17) is 28.9 Å². The number of fused-ring (bicyclic) bond motifs is 1. The molecule has 0 aliphatic carbocycles. The first-order chi connectivity index (χ1) is 11.4. The predicted octanol–water partition coefficient (Wildman–Crippen LogP) is 3.79. The minimum atomic E-state index is -1.04. The van der Waals surface area contributed by atoms with E-state index in [9.17, 15) is 14.7 Å². The van der Waals surface area contributed by atoms with Crippen LogP contribution in [0.3, 0.4) is 0 Å². The van der Waals surface area contributed by atoms with Crippen LogP contribution in [0.4, 0.5) is 0 Å². The molecule has 1 heterocycles. The minimum Gasteiger partial charge on any atom is -0.478 e. The molecule has 1 amide bonds. The van der Waals surface area contributed by atoms with E-state index in [1.807, 2.05) is 6.07 Å². The van der Waals surface area contributed by atoms with E-state index >= 15 is 0 Å². The van der Waals surface area contributed by atoms with Gasteiger partial charge in [0.2, 0.25) is 0 Å². The van der Waals surface area contributed by atoms with Gasteiger partial charge in [0.25, 0.3) is 5.91 Å². The molecule has 0 unspecified atom stereocenters. The van der Waals surface area contributed by atoms with E-state index in [0.29, 0.717) is 33.1 Å². The number of aromatic nitrogens is 1. The number of carbonyl (C=O) groups excluding carboxylic acids is 1. The molecule has 0 saturated heterocycles. The van der Waals surface area contributed by atoms with Crippen LogP contribution >= 0.6 is 23.2 Å². The number of amides is 1. The highest BCUT2D eigenvalue weighted by atomic mass is 35.5. The Morgan fingerprint density at radius 1 is 1.08 bits per heavy atom. The normalized spacial score (nSPS) is 10.9. The Kier molecular flexibility index (Phi) is 4.22. The van der Waals surface area contributed by atoms with E-state index in [1.165, 1.54) is 12.1 Å². The molecule has 3 aromatic rings. The number of hydrogen-bond donors (Lipinski definition) is 2. The zero-order chi connectivity index (χ0) is 17.4. The molecule has 1 aromatic heterocycles. The van der Waals surface area contributed by atoms with Crippen molar-refractivity contribution in [1.29, 1.82) is 0 Å². The number of carboxylic acid groups (broad SMARTS) is 1. The summed E-state index contributed by atoms with van der Waals surface area (Å²) in [4.78, 5) is 22.9. The quantitative estimate of drug-likeness (QED) is 0.740. The number of nitrogens with two attached hydrogens (primary N) is 1. The molecular weight excluding hydrogens is 351 g/mol. The Balaban J connectivity index is 2.14. The van der Waals surface area contributed by atoms with Gasteiger partial charge < -0.3 is 15.4 Å². The van der Waals surface area contributed by atoms with Gasteiger partial charge in [-0.2, -0.15) is 0 Å². The average molecular weight is 363 g/mol. The van der Waals surface area contributed by atoms with Crippen molar-refractivity contribution in [2.45, 2.75) is 6.54 Å². The molecule has 0 spiro atoms. The smallest absolute Gasteiger partial charge is 0.335 e. The van der Waals surface area contributed by atoms with Gasteiger partial charge in [0, 0.05) is 23.6 Å². The third-order valence-corrected chi connectivity index (χ3v) is 4.47. The fraction of sp³-hybridized carbons (Fsp3) is 0.0588. The standard InChI is InChI=1S/C17H12Cl2N2O3/c18-13-4-1-9(5-14(13)19)7-21-8-12(16(20)22)11-3-2-10(17(23)24)6-15(11)21/h1-6,8H,7H2,(H2,20,22)(H,23,24). The van der Waals surface area contributed by atoms with Crippen LogP contribution in [0.1, 0.15) is 26.3 Å². The van der Waals surface area contributed by atoms with Gasteiger partial charge in [-0.05, 0) is 29.8 Å². The molecule has 0 saturated carbocycles. The molecule has 0 radical (unpaired) electrons. The van der Waals surface area contributed by atoms with E-state index in [0.717, 1.165) is 5.56 Å². The number of aromatic carboxylic acids is 1. The minimum absolute atomic E-state index is 0.131. The second-order valence-electron chi connectivity index (χ2n) is 5.32. The molecule has 0 atom stereocenters. The number of carbonyl (C=O) groups is 2. The average Bonchev–Trinajstić information content (AvgIpc) is 2.89. The van der Waals surface area contributed by atoms with Crippen molar-refractivity contribution in [2.24, 2.45) is 5.73 Å². The predicted molar refractivity (Wildman–Crippen MR) is 93.0 cm³/mol. The maximum absolute atomic E-state index is 11.7. The fourth-order valence-corrected chi connectivity index (χ4v) is 2.91. The lowest BCUT2D eigenvalue weighted by molar-refractivity contribution is 0.0697. The van der Waals surface area contributed by atoms with E-state index in [-0.39, 0.29) is 5.56 Å². The van der Waals surface area contributed by atoms with Crippen LogP contribution in [0, 0.1) is 0 Å². The Morgan fingerprint density at radius 2 is 1.83 bits per heavy atom. The number of halogens is 2. The largest absolute Gasteiger partial charge is 0.478 e. The highest BCUT2D eigenvalue weighted by Crippen LogP contribution is 2.26. The Hall–Kier alpha value is -2.50. The van der Waals surface area contributed by atoms with Crippen molar-refractivity contribution >= 4 is 46.0 Å². The van der Waals surface area contributed by atoms with Crippen molar-refractivity contribution in [3.8, 4) is 0 Å². The number of rotatable bonds is 4. The van der Waals surface area contributed by atoms with Crippen LogP contribution in [0.15, 0.2) is 42.6 Å². The van der Waals surface area contributed by atoms with Gasteiger partial charge in [-0.3, -0.25) is 4.79 Å². The summed E-state index contributed by atoms with van der Waals surface area (Å²) in [6.07, 6.45) is 1.61. The van der Waals surface area contributed by atoms with Crippen LogP contribution < -0.4 is 5.73 Å². The number of carboxylic acids is 1. The van der Waals surface area contributed by atoms with E-state index in [1.54, 1.807) is 29.0 Å². The zero-order valence-corrected chi connectivity index (χ0v) is 13.8. The Labute approximate surface area is 147 Å². The van der Waals surface area contributed by atoms with Gasteiger partial charge in [0.05, 0.1) is 21.2 Å². The first-order valence-electron chi connectivity index (χ1n) is 6.96. The second kappa shape index (κ2) is 6.19. The lowest BCUT2D eigenvalue weighted by atomic mass is 10.1. The van der Waals surface area contributed by atoms with E-state index in [2.05, 4.69) is 0 Å². The third kappa shape index (κ3) is 2.96. The maximum atomic E-state index is 11.7. The van der Waals surface area contributed by atoms with Crippen molar-refractivity contribution in [2.75, 3.05) is 0 Å². The number of benzene rings is 2. The monoisotopic (exact) mass is 362 g/mol. The van der Waals surface area contributed by atoms with Crippen molar-refractivity contribution in [3.63, 3.8) is 0 Å². The molecule has 7 heteroatoms. The van der Waals surface area contributed by atoms with Crippen molar-refractivity contribution in [3.05, 3.63) is 69.3 Å². The summed E-state index contributed by atoms with van der Waals surface area (Å²) in [5, 5.41) is 10.7. The first kappa shape index (κ1) is 16.4. The zero-order valence-electron chi connectivity index (χ0n) is 12.3. The number of nitrogens with zero attached hydrogens (tertiary/aromatic N) is 1. The first-order valence-corrected chi connectivity index (χ1v) is 7.72. The number of primary amides is 1. The summed E-state index contributed by atoms with van der Waals surface area (Å²) in [5.41, 5.74) is 7.35. The highest BCUT2D eigenvalue weighted by molar-refractivity contribution is 6.42. The van der Waals surface area contributed by atoms with E-state index < -0.39 is 11.9 Å². The fourth-order valence-electron chi connectivity index (χ4n) is 2.59. The topological polar surface area (TPSA) is 85.3 Å². The van der Waals surface area contributed by atoms with Crippen LogP contribution in [-0.2, 0) is 6.54 Å². The van der Waals surface area contributed by atoms with Gasteiger partial charge in [-0.1, -0.05) is 35.3 Å². The summed E-state index contributed by atoms with van der Waals surface area (Å²) in [5.74, 6) is -1.62. The summed E-state index contributed by atoms with van der Waals surface area (Å²) in [6, 6.07) is 9.76. The Morgan fingerprint density at radius 3 is 2.46 bits per heavy atom. The highest BCUT2D eigenvalue weighted by Gasteiger charge is 2.15. The molecule has 0 aliphatic heterocycles. The summed E-state index contributed by atoms with van der Waals surface area (Å²) in [7, 11) is 0. The molecule has 0 fully saturated rings. The van der Waals surface area contributed by atoms with Gasteiger partial charge in [-0.15, -0.1) is 0 Å². The Bertz CT molecular complexity index is 979. The van der Waals surface area contributed by atoms with Gasteiger partial charge in [-0.25, -0.2) is 4.79 Å². The molecule has 24 heavy (non-hydrogen) atoms. The van der Waals surface area contributed by atoms with Gasteiger partial charge in [0.1, 0.15) is 0 Å². The summed E-state index contributed by atoms with van der Waals surface area (Å²) >= 11 is 11.9. The molecule has 2 aromatic carbocycles. The maximum Gasteiger partial charge on any atom is 0.335 e. The molecule has 5 nitrogen and oxygen atoms in total. The summed E-state index contributed by atoms with van der Waals surface area (Å²) in [6.45, 7) is 0.393. The van der Waals surface area contributed by atoms with Gasteiger partial charge in [0.15, 0.2) is 0 Å². The third-order valence-electron chi connectivity index (χ3n) is 3.73. The number of hydrogen-bond acceptors (Lipinski definition) is 2. The molecule has 0 aliphatic rings. The summed E-state index contributed by atoms with van der Waals surface area (Å²) < 4.78 is 1.77. The van der Waals surface area contributed by atoms with Gasteiger partial charge >= 0.3 is 5.97 Å². The van der Waals surface area contributed by atoms with Crippen LogP contribution in [-0.4, -0.2) is 21.6 Å². The lowest BCUT2D eigenvalue weighted by Gasteiger charge is -2.07. The molecule has 3 N–H and O–H groups in total. The lowest BCUT2D eigenvalue weighted by Crippen LogP contribution is -2.10. The molecule has 3 rings (SSSR count). The second-order valence-corrected chi connectivity index (χ2v) is 6.13. The van der Waals surface area contributed by atoms with Crippen LogP contribution in [0.5, 0.6) is 0 Å². The van der Waals surface area contributed by atoms with Crippen molar-refractivity contribution < 1.29 is 14.7 Å². The molecule has 0 bridgehead atoms. The van der Waals surface area contributed by atoms with Crippen molar-refractivity contribution in [1.82, 2.24) is 4.57 Å².